The third-order valence-corrected chi connectivity index (χ3v) is 18.2. The van der Waals surface area contributed by atoms with Gasteiger partial charge in [0.1, 0.15) is 19.3 Å². The van der Waals surface area contributed by atoms with Gasteiger partial charge in [-0.3, -0.25) is 37.3 Å². The fraction of sp³-hybridized carbons (Fsp3) is 0.943. The minimum Gasteiger partial charge on any atom is -0.462 e. The molecule has 0 rings (SSSR count). The van der Waals surface area contributed by atoms with Gasteiger partial charge in [0, 0.05) is 25.7 Å². The molecular weight excluding hydrogens is 1170 g/mol. The Bertz CT molecular complexity index is 1720. The van der Waals surface area contributed by atoms with Crippen molar-refractivity contribution in [2.75, 3.05) is 39.6 Å². The number of ether oxygens (including phenoxy) is 4. The summed E-state index contributed by atoms with van der Waals surface area (Å²) >= 11 is 0. The number of aliphatic hydroxyl groups is 1. The van der Waals surface area contributed by atoms with Crippen molar-refractivity contribution in [3.63, 3.8) is 0 Å². The summed E-state index contributed by atoms with van der Waals surface area (Å²) in [6.45, 7) is 7.25. The molecule has 528 valence electrons. The summed E-state index contributed by atoms with van der Waals surface area (Å²) in [5.41, 5.74) is 0. The van der Waals surface area contributed by atoms with E-state index in [9.17, 15) is 43.2 Å². The summed E-state index contributed by atoms with van der Waals surface area (Å²) in [6, 6.07) is 0. The molecule has 0 aromatic carbocycles. The van der Waals surface area contributed by atoms with E-state index >= 15 is 0 Å². The summed E-state index contributed by atoms with van der Waals surface area (Å²) in [6.07, 6.45) is 49.8. The van der Waals surface area contributed by atoms with Crippen LogP contribution in [0.15, 0.2) is 0 Å². The van der Waals surface area contributed by atoms with Crippen molar-refractivity contribution in [3.05, 3.63) is 0 Å². The molecule has 0 radical (unpaired) electrons. The van der Waals surface area contributed by atoms with Gasteiger partial charge in [0.05, 0.1) is 26.4 Å². The maximum atomic E-state index is 13.0. The SMILES string of the molecule is CCCCCCCCCCCCCC(=O)OC[C@H](COP(=O)(O)OC[C@@H](O)COP(=O)(O)OC[C@@H](COC(=O)CCCCCCCCCCC)OC(=O)CCCCCCCCCCCCC)OC(=O)CCCCCCCCCCCCCCCCCC(C)C. The first kappa shape index (κ1) is 87.1. The topological polar surface area (TPSA) is 237 Å². The zero-order chi connectivity index (χ0) is 65.6. The molecule has 0 aliphatic heterocycles. The minimum absolute atomic E-state index is 0.107. The lowest BCUT2D eigenvalue weighted by Gasteiger charge is -2.21. The second-order valence-corrected chi connectivity index (χ2v) is 28.7. The van der Waals surface area contributed by atoms with Gasteiger partial charge in [-0.2, -0.15) is 0 Å². The number of aliphatic hydroxyl groups excluding tert-OH is 1. The zero-order valence-electron chi connectivity index (χ0n) is 57.6. The smallest absolute Gasteiger partial charge is 0.462 e. The molecule has 0 amide bonds. The Labute approximate surface area is 543 Å². The van der Waals surface area contributed by atoms with Gasteiger partial charge in [-0.15, -0.1) is 0 Å². The molecule has 5 atom stereocenters. The van der Waals surface area contributed by atoms with Gasteiger partial charge in [0.2, 0.25) is 0 Å². The van der Waals surface area contributed by atoms with Crippen LogP contribution in [0.2, 0.25) is 0 Å². The van der Waals surface area contributed by atoms with Crippen molar-refractivity contribution in [3.8, 4) is 0 Å². The normalized spacial score (nSPS) is 14.1. The van der Waals surface area contributed by atoms with E-state index in [0.717, 1.165) is 95.8 Å². The summed E-state index contributed by atoms with van der Waals surface area (Å²) in [5, 5.41) is 10.6. The highest BCUT2D eigenvalue weighted by atomic mass is 31.2. The molecule has 0 spiro atoms. The Balaban J connectivity index is 5.20. The van der Waals surface area contributed by atoms with E-state index < -0.39 is 97.5 Å². The van der Waals surface area contributed by atoms with Crippen LogP contribution in [0.5, 0.6) is 0 Å². The number of rotatable bonds is 70. The van der Waals surface area contributed by atoms with Gasteiger partial charge < -0.3 is 33.8 Å². The van der Waals surface area contributed by atoms with Crippen molar-refractivity contribution in [1.82, 2.24) is 0 Å². The van der Waals surface area contributed by atoms with Gasteiger partial charge in [-0.1, -0.05) is 311 Å². The molecule has 17 nitrogen and oxygen atoms in total. The number of esters is 4. The summed E-state index contributed by atoms with van der Waals surface area (Å²) in [5.74, 6) is -1.32. The predicted molar refractivity (Wildman–Crippen MR) is 358 cm³/mol. The average molecular weight is 1310 g/mol. The van der Waals surface area contributed by atoms with Crippen LogP contribution in [-0.4, -0.2) is 96.7 Å². The summed E-state index contributed by atoms with van der Waals surface area (Å²) < 4.78 is 68.2. The van der Waals surface area contributed by atoms with E-state index in [4.69, 9.17) is 37.0 Å². The van der Waals surface area contributed by atoms with Crippen molar-refractivity contribution in [2.45, 2.75) is 380 Å². The molecule has 0 aromatic rings. The fourth-order valence-corrected chi connectivity index (χ4v) is 12.2. The lowest BCUT2D eigenvalue weighted by atomic mass is 10.0. The van der Waals surface area contributed by atoms with Crippen molar-refractivity contribution < 1.29 is 80.2 Å². The lowest BCUT2D eigenvalue weighted by molar-refractivity contribution is -0.161. The second kappa shape index (κ2) is 63.5. The van der Waals surface area contributed by atoms with E-state index in [2.05, 4.69) is 34.6 Å². The highest BCUT2D eigenvalue weighted by Crippen LogP contribution is 2.45. The van der Waals surface area contributed by atoms with E-state index in [0.29, 0.717) is 25.7 Å². The summed E-state index contributed by atoms with van der Waals surface area (Å²) in [4.78, 5) is 72.4. The molecule has 0 aromatic heterocycles. The molecule has 0 bridgehead atoms. The quantitative estimate of drug-likeness (QED) is 0.0222. The van der Waals surface area contributed by atoms with Gasteiger partial charge in [-0.25, -0.2) is 9.13 Å². The Morgan fingerprint density at radius 1 is 0.303 bits per heavy atom. The monoisotopic (exact) mass is 1310 g/mol. The van der Waals surface area contributed by atoms with Crippen LogP contribution in [-0.2, 0) is 65.4 Å². The number of phosphoric ester groups is 2. The largest absolute Gasteiger partial charge is 0.472 e. The second-order valence-electron chi connectivity index (χ2n) is 25.7. The van der Waals surface area contributed by atoms with Crippen LogP contribution < -0.4 is 0 Å². The molecule has 0 aliphatic rings. The maximum Gasteiger partial charge on any atom is 0.472 e. The third kappa shape index (κ3) is 64.6. The molecule has 3 N–H and O–H groups in total. The number of hydrogen-bond donors (Lipinski definition) is 3. The Morgan fingerprint density at radius 2 is 0.517 bits per heavy atom. The Kier molecular flexibility index (Phi) is 62.1. The predicted octanol–water partition coefficient (Wildman–Crippen LogP) is 20.1. The van der Waals surface area contributed by atoms with Crippen molar-refractivity contribution in [2.24, 2.45) is 5.92 Å². The molecule has 0 fully saturated rings. The number of hydrogen-bond acceptors (Lipinski definition) is 15. The summed E-state index contributed by atoms with van der Waals surface area (Å²) in [7, 11) is -9.89. The molecule has 19 heteroatoms. The van der Waals surface area contributed by atoms with Crippen LogP contribution in [0.3, 0.4) is 0 Å². The van der Waals surface area contributed by atoms with Crippen LogP contribution in [0.4, 0.5) is 0 Å². The first-order valence-electron chi connectivity index (χ1n) is 36.6. The van der Waals surface area contributed by atoms with E-state index in [-0.39, 0.29) is 25.7 Å². The molecule has 2 unspecified atom stereocenters. The zero-order valence-corrected chi connectivity index (χ0v) is 59.4. The first-order chi connectivity index (χ1) is 43.0. The molecule has 0 heterocycles. The minimum atomic E-state index is -4.95. The van der Waals surface area contributed by atoms with E-state index in [1.807, 2.05) is 0 Å². The van der Waals surface area contributed by atoms with Gasteiger partial charge in [-0.05, 0) is 31.6 Å². The average Bonchev–Trinajstić information content (AvgIpc) is 3.51. The number of phosphoric acid groups is 2. The van der Waals surface area contributed by atoms with Crippen LogP contribution in [0.25, 0.3) is 0 Å². The molecule has 89 heavy (non-hydrogen) atoms. The fourth-order valence-electron chi connectivity index (χ4n) is 10.6. The van der Waals surface area contributed by atoms with Gasteiger partial charge in [0.25, 0.3) is 0 Å². The Morgan fingerprint density at radius 3 is 0.764 bits per heavy atom. The van der Waals surface area contributed by atoms with Crippen LogP contribution in [0, 0.1) is 5.92 Å². The standard InChI is InChI=1S/C70H136O17P2/c1-6-9-12-15-18-21-28-34-39-44-49-54-68(73)81-60-66(87-70(75)56-51-46-41-36-31-27-25-23-24-26-30-33-37-42-47-52-63(4)5)62-85-89(78,79)83-58-64(71)57-82-88(76,77)84-61-65(59-80-67(72)53-48-43-38-32-20-17-14-11-8-3)86-69(74)55-50-45-40-35-29-22-19-16-13-10-7-2/h63-66,71H,6-62H2,1-5H3,(H,76,77)(H,78,79)/t64-,65+,66+/m0/s1. The highest BCUT2D eigenvalue weighted by molar-refractivity contribution is 7.47. The molecule has 0 saturated carbocycles. The van der Waals surface area contributed by atoms with Crippen molar-refractivity contribution >= 4 is 39.5 Å². The highest BCUT2D eigenvalue weighted by Gasteiger charge is 2.30. The lowest BCUT2D eigenvalue weighted by Crippen LogP contribution is -2.30. The molecule has 0 saturated heterocycles. The number of carbonyl (C=O) groups excluding carboxylic acids is 4. The maximum absolute atomic E-state index is 13.0. The first-order valence-corrected chi connectivity index (χ1v) is 39.6. The molecular formula is C70H136O17P2. The van der Waals surface area contributed by atoms with E-state index in [1.165, 1.54) is 186 Å². The van der Waals surface area contributed by atoms with Crippen LogP contribution in [0.1, 0.15) is 362 Å². The number of unbranched alkanes of at least 4 members (excludes halogenated alkanes) is 42. The van der Waals surface area contributed by atoms with Crippen molar-refractivity contribution in [1.29, 1.82) is 0 Å². The Hall–Kier alpha value is -1.94. The third-order valence-electron chi connectivity index (χ3n) is 16.3. The van der Waals surface area contributed by atoms with Gasteiger partial charge >= 0.3 is 39.5 Å². The van der Waals surface area contributed by atoms with Crippen LogP contribution >= 0.6 is 15.6 Å². The molecule has 0 aliphatic carbocycles. The van der Waals surface area contributed by atoms with Gasteiger partial charge in [0.15, 0.2) is 12.2 Å². The number of carbonyl (C=O) groups is 4. The van der Waals surface area contributed by atoms with E-state index in [1.54, 1.807) is 0 Å².